The molecule has 0 fully saturated rings. The van der Waals surface area contributed by atoms with Crippen molar-refractivity contribution in [2.24, 2.45) is 7.05 Å². The van der Waals surface area contributed by atoms with Gasteiger partial charge in [-0.05, 0) is 34.5 Å². The van der Waals surface area contributed by atoms with Crippen molar-refractivity contribution in [2.75, 3.05) is 5.75 Å². The first kappa shape index (κ1) is 13.3. The second kappa shape index (κ2) is 5.67. The smallest absolute Gasteiger partial charge is 0.193 e. The molecule has 2 aromatic rings. The maximum absolute atomic E-state index is 12.1. The second-order valence-electron chi connectivity index (χ2n) is 3.83. The van der Waals surface area contributed by atoms with E-state index in [1.54, 1.807) is 7.05 Å². The third kappa shape index (κ3) is 2.81. The summed E-state index contributed by atoms with van der Waals surface area (Å²) < 4.78 is 1.99. The van der Waals surface area contributed by atoms with Crippen molar-refractivity contribution >= 4 is 33.5 Å². The lowest BCUT2D eigenvalue weighted by atomic mass is 10.2. The number of thioether (sulfide) groups is 1. The number of aryl methyl sites for hydroxylation is 2. The van der Waals surface area contributed by atoms with Crippen molar-refractivity contribution in [3.05, 3.63) is 40.1 Å². The summed E-state index contributed by atoms with van der Waals surface area (Å²) >= 11 is 4.77. The first-order valence-electron chi connectivity index (χ1n) is 5.36. The fourth-order valence-corrected chi connectivity index (χ4v) is 3.00. The first-order valence-corrected chi connectivity index (χ1v) is 7.14. The minimum atomic E-state index is 0.0163. The highest BCUT2D eigenvalue weighted by molar-refractivity contribution is 9.10. The van der Waals surface area contributed by atoms with Gasteiger partial charge in [0.1, 0.15) is 5.69 Å². The van der Waals surface area contributed by atoms with Crippen molar-refractivity contribution in [3.8, 4) is 0 Å². The molecule has 2 rings (SSSR count). The monoisotopic (exact) mass is 325 g/mol. The van der Waals surface area contributed by atoms with E-state index in [1.165, 1.54) is 22.0 Å². The molecule has 0 saturated carbocycles. The molecule has 0 saturated heterocycles. The molecule has 1 aromatic carbocycles. The number of hydrogen-bond donors (Lipinski definition) is 0. The first-order chi connectivity index (χ1) is 8.59. The molecule has 0 aliphatic rings. The molecule has 0 radical (unpaired) electrons. The van der Waals surface area contributed by atoms with Crippen LogP contribution in [0.4, 0.5) is 0 Å². The maximum Gasteiger partial charge on any atom is 0.193 e. The van der Waals surface area contributed by atoms with E-state index < -0.39 is 0 Å². The lowest BCUT2D eigenvalue weighted by Gasteiger charge is -2.04. The third-order valence-corrected chi connectivity index (χ3v) is 4.21. The summed E-state index contributed by atoms with van der Waals surface area (Å²) in [6.45, 7) is 2.04. The van der Waals surface area contributed by atoms with Crippen LogP contribution in [0.2, 0.25) is 0 Å². The Hall–Kier alpha value is -1.14. The van der Waals surface area contributed by atoms with Crippen LogP contribution in [0.5, 0.6) is 0 Å². The Bertz CT molecular complexity index is 563. The van der Waals surface area contributed by atoms with Crippen molar-refractivity contribution in [3.63, 3.8) is 0 Å². The molecule has 1 aromatic heterocycles. The summed E-state index contributed by atoms with van der Waals surface area (Å²) in [4.78, 5) is 13.2. The minimum absolute atomic E-state index is 0.0163. The lowest BCUT2D eigenvalue weighted by molar-refractivity contribution is 0.101. The highest BCUT2D eigenvalue weighted by atomic mass is 79.9. The Labute approximate surface area is 118 Å². The average molecular weight is 326 g/mol. The molecule has 4 nitrogen and oxygen atoms in total. The van der Waals surface area contributed by atoms with Gasteiger partial charge in [-0.2, -0.15) is 0 Å². The molecule has 1 heterocycles. The Kier molecular flexibility index (Phi) is 4.19. The summed E-state index contributed by atoms with van der Waals surface area (Å²) in [6, 6.07) is 8.02. The zero-order chi connectivity index (χ0) is 13.1. The van der Waals surface area contributed by atoms with Crippen LogP contribution < -0.4 is 0 Å². The Morgan fingerprint density at radius 2 is 2.17 bits per heavy atom. The van der Waals surface area contributed by atoms with E-state index in [0.29, 0.717) is 16.0 Å². The van der Waals surface area contributed by atoms with Crippen LogP contribution in [0.15, 0.2) is 33.8 Å². The zero-order valence-corrected chi connectivity index (χ0v) is 12.5. The molecule has 0 bridgehead atoms. The molecule has 94 valence electrons. The number of Topliss-reactive ketones (excluding diaryl/α,β-unsaturated/α-hetero) is 1. The van der Waals surface area contributed by atoms with E-state index >= 15 is 0 Å². The van der Waals surface area contributed by atoms with Gasteiger partial charge in [-0.1, -0.05) is 23.4 Å². The number of benzene rings is 1. The van der Waals surface area contributed by atoms with E-state index in [0.717, 1.165) is 4.90 Å². The van der Waals surface area contributed by atoms with Gasteiger partial charge in [-0.3, -0.25) is 4.79 Å². The molecule has 0 atom stereocenters. The van der Waals surface area contributed by atoms with Gasteiger partial charge in [0.15, 0.2) is 10.4 Å². The van der Waals surface area contributed by atoms with Crippen LogP contribution in [0, 0.1) is 6.92 Å². The number of carbonyl (C=O) groups excluding carboxylic acids is 1. The van der Waals surface area contributed by atoms with E-state index in [9.17, 15) is 4.79 Å². The Morgan fingerprint density at radius 3 is 2.78 bits per heavy atom. The van der Waals surface area contributed by atoms with E-state index in [2.05, 4.69) is 26.2 Å². The van der Waals surface area contributed by atoms with Gasteiger partial charge < -0.3 is 0 Å². The molecule has 0 spiro atoms. The van der Waals surface area contributed by atoms with E-state index in [-0.39, 0.29) is 5.78 Å². The fourth-order valence-electron chi connectivity index (χ4n) is 1.56. The lowest BCUT2D eigenvalue weighted by Crippen LogP contribution is -2.09. The number of carbonyl (C=O) groups is 1. The van der Waals surface area contributed by atoms with E-state index in [4.69, 9.17) is 0 Å². The van der Waals surface area contributed by atoms with E-state index in [1.807, 2.05) is 31.2 Å². The molecule has 0 amide bonds. The number of aromatic nitrogens is 3. The number of halogens is 1. The number of hydrogen-bond acceptors (Lipinski definition) is 4. The summed E-state index contributed by atoms with van der Waals surface area (Å²) in [5.74, 6) is 0.396. The van der Waals surface area contributed by atoms with Gasteiger partial charge in [0.2, 0.25) is 0 Å². The highest BCUT2D eigenvalue weighted by Gasteiger charge is 2.17. The Morgan fingerprint density at radius 1 is 1.44 bits per heavy atom. The van der Waals surface area contributed by atoms with Gasteiger partial charge in [-0.15, -0.1) is 16.9 Å². The number of rotatable bonds is 4. The normalized spacial score (nSPS) is 10.6. The highest BCUT2D eigenvalue weighted by Crippen LogP contribution is 2.23. The fraction of sp³-hybridized carbons (Fsp3) is 0.250. The SMILES string of the molecule is Cc1ccccc1SCC(=O)c1c(Br)nnn1C. The minimum Gasteiger partial charge on any atom is -0.291 e. The van der Waals surface area contributed by atoms with Gasteiger partial charge >= 0.3 is 0 Å². The van der Waals surface area contributed by atoms with Crippen LogP contribution in [-0.4, -0.2) is 26.5 Å². The van der Waals surface area contributed by atoms with Crippen molar-refractivity contribution in [1.29, 1.82) is 0 Å². The molecule has 0 aliphatic heterocycles. The largest absolute Gasteiger partial charge is 0.291 e. The topological polar surface area (TPSA) is 47.8 Å². The number of ketones is 1. The van der Waals surface area contributed by atoms with Crippen molar-refractivity contribution in [1.82, 2.24) is 15.0 Å². The molecule has 0 aliphatic carbocycles. The van der Waals surface area contributed by atoms with Gasteiger partial charge in [-0.25, -0.2) is 4.68 Å². The summed E-state index contributed by atoms with van der Waals surface area (Å²) in [7, 11) is 1.71. The van der Waals surface area contributed by atoms with Crippen molar-refractivity contribution in [2.45, 2.75) is 11.8 Å². The number of nitrogens with zero attached hydrogens (tertiary/aromatic N) is 3. The molecule has 0 unspecified atom stereocenters. The molecule has 18 heavy (non-hydrogen) atoms. The molecular weight excluding hydrogens is 314 g/mol. The summed E-state index contributed by atoms with van der Waals surface area (Å²) in [6.07, 6.45) is 0. The van der Waals surface area contributed by atoms with Crippen molar-refractivity contribution < 1.29 is 4.79 Å². The quantitative estimate of drug-likeness (QED) is 0.640. The van der Waals surface area contributed by atoms with Crippen LogP contribution in [0.1, 0.15) is 16.1 Å². The van der Waals surface area contributed by atoms with Gasteiger partial charge in [0.05, 0.1) is 5.75 Å². The molecule has 6 heteroatoms. The molecule has 0 N–H and O–H groups in total. The van der Waals surface area contributed by atoms with Gasteiger partial charge in [0.25, 0.3) is 0 Å². The predicted molar refractivity (Wildman–Crippen MR) is 74.9 cm³/mol. The predicted octanol–water partition coefficient (Wildman–Crippen LogP) is 2.86. The second-order valence-corrected chi connectivity index (χ2v) is 5.60. The average Bonchev–Trinajstić information content (AvgIpc) is 2.68. The van der Waals surface area contributed by atoms with Crippen LogP contribution >= 0.6 is 27.7 Å². The molecular formula is C12H12BrN3OS. The maximum atomic E-state index is 12.1. The van der Waals surface area contributed by atoms with Crippen LogP contribution in [0.3, 0.4) is 0 Å². The summed E-state index contributed by atoms with van der Waals surface area (Å²) in [5.41, 5.74) is 1.69. The van der Waals surface area contributed by atoms with Crippen LogP contribution in [0.25, 0.3) is 0 Å². The van der Waals surface area contributed by atoms with Gasteiger partial charge in [0, 0.05) is 11.9 Å². The van der Waals surface area contributed by atoms with Crippen LogP contribution in [-0.2, 0) is 7.05 Å². The zero-order valence-electron chi connectivity index (χ0n) is 10.1. The summed E-state index contributed by atoms with van der Waals surface area (Å²) in [5, 5.41) is 7.61. The Balaban J connectivity index is 2.08. The standard InChI is InChI=1S/C12H12BrN3OS/c1-8-5-3-4-6-10(8)18-7-9(17)11-12(13)14-15-16(11)2/h3-6H,7H2,1-2H3. The third-order valence-electron chi connectivity index (χ3n) is 2.50.